The summed E-state index contributed by atoms with van der Waals surface area (Å²) in [6, 6.07) is 7.09. The Balaban J connectivity index is 2.10. The molecule has 0 amide bonds. The summed E-state index contributed by atoms with van der Waals surface area (Å²) in [5.74, 6) is 0.559. The summed E-state index contributed by atoms with van der Waals surface area (Å²) in [5.41, 5.74) is 6.21. The Morgan fingerprint density at radius 2 is 1.76 bits per heavy atom. The Bertz CT molecular complexity index is 427. The van der Waals surface area contributed by atoms with Crippen molar-refractivity contribution in [2.45, 2.75) is 19.3 Å². The molecule has 96 valence electrons. The van der Waals surface area contributed by atoms with Gasteiger partial charge in [0.15, 0.2) is 0 Å². The van der Waals surface area contributed by atoms with Crippen molar-refractivity contribution in [1.29, 1.82) is 0 Å². The summed E-state index contributed by atoms with van der Waals surface area (Å²) in [5, 5.41) is 0. The van der Waals surface area contributed by atoms with Crippen LogP contribution in [0, 0.1) is 0 Å². The zero-order valence-corrected chi connectivity index (χ0v) is 10.3. The van der Waals surface area contributed by atoms with Crippen LogP contribution in [0.3, 0.4) is 0 Å². The van der Waals surface area contributed by atoms with Crippen LogP contribution in [0.5, 0.6) is 5.75 Å². The number of unbranched alkanes of at least 4 members (excludes halogenated alkanes) is 2. The highest BCUT2D eigenvalue weighted by atomic mass is 32.2. The highest BCUT2D eigenvalue weighted by molar-refractivity contribution is 7.85. The van der Waals surface area contributed by atoms with Gasteiger partial charge < -0.3 is 10.5 Å². The number of rotatable bonds is 7. The molecule has 0 aromatic heterocycles. The average molecular weight is 259 g/mol. The lowest BCUT2D eigenvalue weighted by Crippen LogP contribution is -2.04. The highest BCUT2D eigenvalue weighted by Crippen LogP contribution is 2.13. The minimum absolute atomic E-state index is 0.186. The number of nitrogen functional groups attached to an aromatic ring is 1. The van der Waals surface area contributed by atoms with E-state index < -0.39 is 10.1 Å². The predicted octanol–water partition coefficient (Wildman–Crippen LogP) is 1.71. The Morgan fingerprint density at radius 3 is 2.35 bits per heavy atom. The molecule has 1 rings (SSSR count). The van der Waals surface area contributed by atoms with Crippen molar-refractivity contribution in [3.63, 3.8) is 0 Å². The van der Waals surface area contributed by atoms with E-state index in [0.717, 1.165) is 12.2 Å². The molecule has 1 aromatic rings. The predicted molar refractivity (Wildman–Crippen MR) is 66.6 cm³/mol. The van der Waals surface area contributed by atoms with Gasteiger partial charge >= 0.3 is 0 Å². The molecule has 0 aliphatic rings. The molecule has 0 radical (unpaired) electrons. The van der Waals surface area contributed by atoms with E-state index in [4.69, 9.17) is 15.0 Å². The molecule has 0 saturated carbocycles. The van der Waals surface area contributed by atoms with Crippen molar-refractivity contribution in [1.82, 2.24) is 0 Å². The van der Waals surface area contributed by atoms with E-state index in [-0.39, 0.29) is 5.75 Å². The molecule has 0 heterocycles. The Labute approximate surface area is 101 Å². The number of anilines is 1. The molecular formula is C11H17NO4S. The SMILES string of the molecule is Nc1ccc(OCCCCCS(=O)(=O)O)cc1. The van der Waals surface area contributed by atoms with Crippen molar-refractivity contribution in [3.05, 3.63) is 24.3 Å². The average Bonchev–Trinajstić information content (AvgIpc) is 2.24. The zero-order chi connectivity index (χ0) is 12.7. The molecule has 0 saturated heterocycles. The molecule has 0 unspecified atom stereocenters. The van der Waals surface area contributed by atoms with Crippen LogP contribution in [0.4, 0.5) is 5.69 Å². The first-order valence-electron chi connectivity index (χ1n) is 5.41. The minimum atomic E-state index is -3.82. The maximum atomic E-state index is 10.4. The number of ether oxygens (including phenoxy) is 1. The highest BCUT2D eigenvalue weighted by Gasteiger charge is 2.03. The molecule has 0 aliphatic heterocycles. The third-order valence-electron chi connectivity index (χ3n) is 2.20. The molecular weight excluding hydrogens is 242 g/mol. The quantitative estimate of drug-likeness (QED) is 0.442. The molecule has 0 bridgehead atoms. The summed E-state index contributed by atoms with van der Waals surface area (Å²) < 4.78 is 34.8. The van der Waals surface area contributed by atoms with E-state index in [2.05, 4.69) is 0 Å². The molecule has 0 fully saturated rings. The minimum Gasteiger partial charge on any atom is -0.494 e. The summed E-state index contributed by atoms with van der Waals surface area (Å²) >= 11 is 0. The standard InChI is InChI=1S/C11H17NO4S/c12-10-4-6-11(7-5-10)16-8-2-1-3-9-17(13,14)15/h4-7H,1-3,8-9,12H2,(H,13,14,15). The van der Waals surface area contributed by atoms with Crippen molar-refractivity contribution in [3.8, 4) is 5.75 Å². The van der Waals surface area contributed by atoms with E-state index in [1.54, 1.807) is 24.3 Å². The molecule has 5 nitrogen and oxygen atoms in total. The van der Waals surface area contributed by atoms with Gasteiger partial charge in [0.2, 0.25) is 0 Å². The van der Waals surface area contributed by atoms with Crippen molar-refractivity contribution < 1.29 is 17.7 Å². The van der Waals surface area contributed by atoms with E-state index in [1.165, 1.54) is 0 Å². The van der Waals surface area contributed by atoms with E-state index in [0.29, 0.717) is 25.1 Å². The van der Waals surface area contributed by atoms with Gasteiger partial charge in [-0.05, 0) is 43.5 Å². The van der Waals surface area contributed by atoms with Gasteiger partial charge in [0.25, 0.3) is 10.1 Å². The fraction of sp³-hybridized carbons (Fsp3) is 0.455. The maximum absolute atomic E-state index is 10.4. The Kier molecular flexibility index (Phi) is 5.24. The summed E-state index contributed by atoms with van der Waals surface area (Å²) in [6.07, 6.45) is 1.90. The third-order valence-corrected chi connectivity index (χ3v) is 3.00. The molecule has 0 atom stereocenters. The smallest absolute Gasteiger partial charge is 0.264 e. The van der Waals surface area contributed by atoms with Gasteiger partial charge in [-0.2, -0.15) is 8.42 Å². The van der Waals surface area contributed by atoms with Crippen LogP contribution in [0.15, 0.2) is 24.3 Å². The first-order chi connectivity index (χ1) is 7.97. The van der Waals surface area contributed by atoms with Gasteiger partial charge in [-0.3, -0.25) is 4.55 Å². The molecule has 6 heteroatoms. The van der Waals surface area contributed by atoms with Crippen LogP contribution in [0.2, 0.25) is 0 Å². The monoisotopic (exact) mass is 259 g/mol. The number of nitrogens with two attached hydrogens (primary N) is 1. The van der Waals surface area contributed by atoms with Crippen molar-refractivity contribution in [2.24, 2.45) is 0 Å². The lowest BCUT2D eigenvalue weighted by atomic mass is 10.2. The maximum Gasteiger partial charge on any atom is 0.264 e. The van der Waals surface area contributed by atoms with Crippen LogP contribution >= 0.6 is 0 Å². The van der Waals surface area contributed by atoms with Crippen LogP contribution < -0.4 is 10.5 Å². The zero-order valence-electron chi connectivity index (χ0n) is 9.50. The fourth-order valence-corrected chi connectivity index (χ4v) is 1.89. The molecule has 3 N–H and O–H groups in total. The lowest BCUT2D eigenvalue weighted by molar-refractivity contribution is 0.306. The first-order valence-corrected chi connectivity index (χ1v) is 7.02. The number of benzene rings is 1. The second kappa shape index (κ2) is 6.46. The molecule has 0 aliphatic carbocycles. The first kappa shape index (κ1) is 13.8. The normalized spacial score (nSPS) is 11.4. The van der Waals surface area contributed by atoms with Gasteiger partial charge in [0.1, 0.15) is 5.75 Å². The molecule has 17 heavy (non-hydrogen) atoms. The molecule has 0 spiro atoms. The third kappa shape index (κ3) is 6.80. The van der Waals surface area contributed by atoms with Crippen LogP contribution in [0.1, 0.15) is 19.3 Å². The van der Waals surface area contributed by atoms with Crippen LogP contribution in [0.25, 0.3) is 0 Å². The summed E-state index contributed by atoms with van der Waals surface area (Å²) in [7, 11) is -3.82. The second-order valence-electron chi connectivity index (χ2n) is 3.76. The van der Waals surface area contributed by atoms with Crippen molar-refractivity contribution in [2.75, 3.05) is 18.1 Å². The Morgan fingerprint density at radius 1 is 1.12 bits per heavy atom. The van der Waals surface area contributed by atoms with Gasteiger partial charge in [0.05, 0.1) is 12.4 Å². The van der Waals surface area contributed by atoms with Gasteiger partial charge in [-0.25, -0.2) is 0 Å². The van der Waals surface area contributed by atoms with Gasteiger partial charge in [-0.1, -0.05) is 0 Å². The number of hydrogen-bond donors (Lipinski definition) is 2. The fourth-order valence-electron chi connectivity index (χ4n) is 1.32. The van der Waals surface area contributed by atoms with Gasteiger partial charge in [-0.15, -0.1) is 0 Å². The van der Waals surface area contributed by atoms with E-state index in [9.17, 15) is 8.42 Å². The van der Waals surface area contributed by atoms with Crippen LogP contribution in [-0.2, 0) is 10.1 Å². The van der Waals surface area contributed by atoms with Gasteiger partial charge in [0, 0.05) is 5.69 Å². The number of hydrogen-bond acceptors (Lipinski definition) is 4. The summed E-state index contributed by atoms with van der Waals surface area (Å²) in [4.78, 5) is 0. The van der Waals surface area contributed by atoms with E-state index >= 15 is 0 Å². The lowest BCUT2D eigenvalue weighted by Gasteiger charge is -2.05. The Hall–Kier alpha value is -1.27. The van der Waals surface area contributed by atoms with Crippen molar-refractivity contribution >= 4 is 15.8 Å². The largest absolute Gasteiger partial charge is 0.494 e. The topological polar surface area (TPSA) is 89.6 Å². The van der Waals surface area contributed by atoms with E-state index in [1.807, 2.05) is 0 Å². The summed E-state index contributed by atoms with van der Waals surface area (Å²) in [6.45, 7) is 0.523. The van der Waals surface area contributed by atoms with Crippen LogP contribution in [-0.4, -0.2) is 25.3 Å². The molecule has 1 aromatic carbocycles. The second-order valence-corrected chi connectivity index (χ2v) is 5.34.